The number of para-hydroxylation sites is 2. The van der Waals surface area contributed by atoms with Gasteiger partial charge < -0.3 is 28.6 Å². The summed E-state index contributed by atoms with van der Waals surface area (Å²) >= 11 is 0. The van der Waals surface area contributed by atoms with Crippen LogP contribution < -0.4 is 24.4 Å². The summed E-state index contributed by atoms with van der Waals surface area (Å²) in [5.74, 6) is 1.41. The minimum Gasteiger partial charge on any atom is -0.493 e. The first-order valence-corrected chi connectivity index (χ1v) is 10.9. The van der Waals surface area contributed by atoms with Crippen LogP contribution >= 0.6 is 0 Å². The van der Waals surface area contributed by atoms with E-state index in [9.17, 15) is 9.59 Å². The molecule has 0 radical (unpaired) electrons. The van der Waals surface area contributed by atoms with Gasteiger partial charge in [-0.1, -0.05) is 12.1 Å². The Bertz CT molecular complexity index is 990. The number of carbonyl (C=O) groups excluding carboxylic acids is 2. The normalized spacial score (nSPS) is 13.4. The van der Waals surface area contributed by atoms with E-state index in [2.05, 4.69) is 10.5 Å². The second kappa shape index (κ2) is 13.0. The zero-order valence-electron chi connectivity index (χ0n) is 19.3. The van der Waals surface area contributed by atoms with Crippen LogP contribution in [0.5, 0.6) is 23.0 Å². The van der Waals surface area contributed by atoms with Crippen LogP contribution in [-0.4, -0.2) is 76.2 Å². The van der Waals surface area contributed by atoms with E-state index in [1.54, 1.807) is 41.3 Å². The fourth-order valence-corrected chi connectivity index (χ4v) is 3.13. The average Bonchev–Trinajstić information content (AvgIpc) is 2.87. The zero-order valence-corrected chi connectivity index (χ0v) is 19.3. The molecule has 0 unspecified atom stereocenters. The van der Waals surface area contributed by atoms with Gasteiger partial charge in [-0.05, 0) is 42.8 Å². The van der Waals surface area contributed by atoms with Gasteiger partial charge in [0.25, 0.3) is 11.8 Å². The van der Waals surface area contributed by atoms with Crippen LogP contribution in [0.1, 0.15) is 12.5 Å². The van der Waals surface area contributed by atoms with Crippen LogP contribution in [0.25, 0.3) is 0 Å². The van der Waals surface area contributed by atoms with E-state index in [1.807, 2.05) is 13.0 Å². The first-order chi connectivity index (χ1) is 16.6. The lowest BCUT2D eigenvalue weighted by Crippen LogP contribution is -2.43. The molecular formula is C24H29N3O7. The molecule has 0 aliphatic carbocycles. The number of nitrogens with zero attached hydrogens (tertiary/aromatic N) is 2. The highest BCUT2D eigenvalue weighted by atomic mass is 16.5. The van der Waals surface area contributed by atoms with Gasteiger partial charge in [-0.25, -0.2) is 5.43 Å². The Balaban J connectivity index is 1.52. The molecule has 10 heteroatoms. The third-order valence-corrected chi connectivity index (χ3v) is 4.81. The van der Waals surface area contributed by atoms with Crippen LogP contribution in [0.2, 0.25) is 0 Å². The third kappa shape index (κ3) is 7.38. The summed E-state index contributed by atoms with van der Waals surface area (Å²) < 4.78 is 27.2. The molecule has 182 valence electrons. The van der Waals surface area contributed by atoms with E-state index in [-0.39, 0.29) is 19.1 Å². The molecule has 0 spiro atoms. The molecule has 2 aromatic carbocycles. The lowest BCUT2D eigenvalue weighted by Gasteiger charge is -2.26. The first-order valence-electron chi connectivity index (χ1n) is 10.9. The molecule has 1 saturated heterocycles. The predicted octanol–water partition coefficient (Wildman–Crippen LogP) is 1.86. The molecule has 1 aliphatic rings. The minimum absolute atomic E-state index is 0.0875. The molecule has 0 aromatic heterocycles. The maximum atomic E-state index is 12.3. The van der Waals surface area contributed by atoms with E-state index in [1.165, 1.54) is 13.3 Å². The molecule has 34 heavy (non-hydrogen) atoms. The van der Waals surface area contributed by atoms with Gasteiger partial charge >= 0.3 is 0 Å². The first kappa shape index (κ1) is 24.8. The summed E-state index contributed by atoms with van der Waals surface area (Å²) in [6, 6.07) is 12.2. The highest BCUT2D eigenvalue weighted by Crippen LogP contribution is 2.28. The van der Waals surface area contributed by atoms with Crippen molar-refractivity contribution in [2.45, 2.75) is 6.92 Å². The summed E-state index contributed by atoms with van der Waals surface area (Å²) in [5.41, 5.74) is 3.10. The van der Waals surface area contributed by atoms with Crippen LogP contribution in [0.15, 0.2) is 47.6 Å². The zero-order chi connectivity index (χ0) is 24.2. The second-order valence-corrected chi connectivity index (χ2v) is 7.15. The van der Waals surface area contributed by atoms with Crippen molar-refractivity contribution in [3.63, 3.8) is 0 Å². The number of methoxy groups -OCH3 is 1. The number of amides is 2. The van der Waals surface area contributed by atoms with E-state index >= 15 is 0 Å². The SMILES string of the molecule is CCOc1cc(/C=N/NC(=O)COc2ccccc2OC)ccc1OCC(=O)N1CCOCC1. The number of hydrazone groups is 1. The van der Waals surface area contributed by atoms with Crippen LogP contribution in [-0.2, 0) is 14.3 Å². The molecule has 1 heterocycles. The second-order valence-electron chi connectivity index (χ2n) is 7.15. The number of benzene rings is 2. The minimum atomic E-state index is -0.422. The van der Waals surface area contributed by atoms with Gasteiger partial charge in [0.05, 0.1) is 33.1 Å². The van der Waals surface area contributed by atoms with E-state index in [0.29, 0.717) is 61.5 Å². The Hall–Kier alpha value is -3.79. The maximum Gasteiger partial charge on any atom is 0.277 e. The van der Waals surface area contributed by atoms with Crippen molar-refractivity contribution in [1.82, 2.24) is 10.3 Å². The van der Waals surface area contributed by atoms with E-state index in [0.717, 1.165) is 0 Å². The molecular weight excluding hydrogens is 442 g/mol. The van der Waals surface area contributed by atoms with Crippen molar-refractivity contribution in [3.8, 4) is 23.0 Å². The largest absolute Gasteiger partial charge is 0.493 e. The van der Waals surface area contributed by atoms with Crippen molar-refractivity contribution in [2.24, 2.45) is 5.10 Å². The molecule has 1 N–H and O–H groups in total. The number of nitrogens with one attached hydrogen (secondary N) is 1. The Kier molecular flexibility index (Phi) is 9.53. The monoisotopic (exact) mass is 471 g/mol. The lowest BCUT2D eigenvalue weighted by atomic mass is 10.2. The van der Waals surface area contributed by atoms with Gasteiger partial charge in [-0.15, -0.1) is 0 Å². The Morgan fingerprint density at radius 2 is 1.71 bits per heavy atom. The highest BCUT2D eigenvalue weighted by Gasteiger charge is 2.18. The Labute approximate surface area is 198 Å². The van der Waals surface area contributed by atoms with Crippen molar-refractivity contribution in [1.29, 1.82) is 0 Å². The van der Waals surface area contributed by atoms with Gasteiger partial charge in [0.15, 0.2) is 36.2 Å². The van der Waals surface area contributed by atoms with Crippen molar-refractivity contribution in [3.05, 3.63) is 48.0 Å². The van der Waals surface area contributed by atoms with Crippen LogP contribution in [0.4, 0.5) is 0 Å². The summed E-state index contributed by atoms with van der Waals surface area (Å²) in [5, 5.41) is 3.96. The number of carbonyl (C=O) groups is 2. The molecule has 1 aliphatic heterocycles. The van der Waals surface area contributed by atoms with E-state index in [4.69, 9.17) is 23.7 Å². The number of ether oxygens (including phenoxy) is 5. The van der Waals surface area contributed by atoms with Gasteiger partial charge in [-0.2, -0.15) is 5.10 Å². The summed E-state index contributed by atoms with van der Waals surface area (Å²) in [4.78, 5) is 26.1. The summed E-state index contributed by atoms with van der Waals surface area (Å²) in [6.45, 7) is 4.16. The quantitative estimate of drug-likeness (QED) is 0.394. The fourth-order valence-electron chi connectivity index (χ4n) is 3.13. The lowest BCUT2D eigenvalue weighted by molar-refractivity contribution is -0.137. The van der Waals surface area contributed by atoms with Gasteiger partial charge in [0, 0.05) is 13.1 Å². The molecule has 0 bridgehead atoms. The van der Waals surface area contributed by atoms with Crippen LogP contribution in [0.3, 0.4) is 0 Å². The Morgan fingerprint density at radius 3 is 2.44 bits per heavy atom. The topological polar surface area (TPSA) is 108 Å². The predicted molar refractivity (Wildman–Crippen MR) is 125 cm³/mol. The molecule has 3 rings (SSSR count). The molecule has 0 atom stereocenters. The van der Waals surface area contributed by atoms with Crippen LogP contribution in [0, 0.1) is 0 Å². The molecule has 1 fully saturated rings. The number of hydrogen-bond acceptors (Lipinski definition) is 8. The standard InChI is InChI=1S/C24H29N3O7/c1-3-32-22-14-18(8-9-21(22)34-17-24(29)27-10-12-31-13-11-27)15-25-26-23(28)16-33-20-7-5-4-6-19(20)30-2/h4-9,14-15H,3,10-13,16-17H2,1-2H3,(H,26,28)/b25-15+. The molecule has 2 amide bonds. The smallest absolute Gasteiger partial charge is 0.277 e. The Morgan fingerprint density at radius 1 is 1.00 bits per heavy atom. The molecule has 2 aromatic rings. The highest BCUT2D eigenvalue weighted by molar-refractivity contribution is 5.84. The average molecular weight is 472 g/mol. The number of rotatable bonds is 11. The number of morpholine rings is 1. The van der Waals surface area contributed by atoms with Crippen molar-refractivity contribution in [2.75, 3.05) is 53.2 Å². The fraction of sp³-hybridized carbons (Fsp3) is 0.375. The summed E-state index contributed by atoms with van der Waals surface area (Å²) in [7, 11) is 1.53. The van der Waals surface area contributed by atoms with Gasteiger partial charge in [0.2, 0.25) is 0 Å². The van der Waals surface area contributed by atoms with Gasteiger partial charge in [-0.3, -0.25) is 9.59 Å². The third-order valence-electron chi connectivity index (χ3n) is 4.81. The molecule has 10 nitrogen and oxygen atoms in total. The molecule has 0 saturated carbocycles. The number of hydrogen-bond donors (Lipinski definition) is 1. The summed E-state index contributed by atoms with van der Waals surface area (Å²) in [6.07, 6.45) is 1.48. The van der Waals surface area contributed by atoms with Gasteiger partial charge in [0.1, 0.15) is 0 Å². The van der Waals surface area contributed by atoms with Crippen molar-refractivity contribution < 1.29 is 33.3 Å². The van der Waals surface area contributed by atoms with Crippen molar-refractivity contribution >= 4 is 18.0 Å². The van der Waals surface area contributed by atoms with E-state index < -0.39 is 5.91 Å². The maximum absolute atomic E-state index is 12.3.